The zero-order chi connectivity index (χ0) is 13.8. The Morgan fingerprint density at radius 3 is 2.68 bits per heavy atom. The molecule has 1 aromatic rings. The predicted molar refractivity (Wildman–Crippen MR) is 72.0 cm³/mol. The highest BCUT2D eigenvalue weighted by Crippen LogP contribution is 2.24. The number of likely N-dealkylation sites (tertiary alicyclic amines) is 1. The monoisotopic (exact) mass is 258 g/mol. The molecular formula is C15H18N2O2. The molecule has 0 unspecified atom stereocenters. The summed E-state index contributed by atoms with van der Waals surface area (Å²) >= 11 is 0. The highest BCUT2D eigenvalue weighted by atomic mass is 16.5. The summed E-state index contributed by atoms with van der Waals surface area (Å²) in [5, 5.41) is 8.88. The fraction of sp³-hybridized carbons (Fsp3) is 0.467. The molecule has 0 N–H and O–H groups in total. The second-order valence-corrected chi connectivity index (χ2v) is 4.90. The third-order valence-corrected chi connectivity index (χ3v) is 3.55. The Morgan fingerprint density at radius 1 is 1.42 bits per heavy atom. The standard InChI is InChI=1S/C15H18N2O2/c1-11-3-4-14(19-2)13(9-11)15(18)17-7-5-12(10-16)6-8-17/h3-4,9,12H,5-8H2,1-2H3. The normalized spacial score (nSPS) is 15.9. The summed E-state index contributed by atoms with van der Waals surface area (Å²) in [6.07, 6.45) is 1.52. The van der Waals surface area contributed by atoms with E-state index in [1.54, 1.807) is 7.11 Å². The van der Waals surface area contributed by atoms with Crippen LogP contribution in [0, 0.1) is 24.2 Å². The van der Waals surface area contributed by atoms with E-state index in [4.69, 9.17) is 10.00 Å². The molecule has 1 saturated heterocycles. The molecule has 0 aliphatic carbocycles. The van der Waals surface area contributed by atoms with Gasteiger partial charge in [0.15, 0.2) is 0 Å². The summed E-state index contributed by atoms with van der Waals surface area (Å²) in [4.78, 5) is 14.3. The molecule has 1 amide bonds. The van der Waals surface area contributed by atoms with Gasteiger partial charge in [-0.2, -0.15) is 5.26 Å². The fourth-order valence-electron chi connectivity index (χ4n) is 2.37. The smallest absolute Gasteiger partial charge is 0.257 e. The first-order valence-electron chi connectivity index (χ1n) is 6.49. The van der Waals surface area contributed by atoms with Crippen molar-refractivity contribution < 1.29 is 9.53 Å². The third-order valence-electron chi connectivity index (χ3n) is 3.55. The number of hydrogen-bond acceptors (Lipinski definition) is 3. The van der Waals surface area contributed by atoms with Crippen LogP contribution in [0.3, 0.4) is 0 Å². The summed E-state index contributed by atoms with van der Waals surface area (Å²) in [6.45, 7) is 3.25. The molecule has 19 heavy (non-hydrogen) atoms. The van der Waals surface area contributed by atoms with E-state index in [-0.39, 0.29) is 11.8 Å². The highest BCUT2D eigenvalue weighted by molar-refractivity contribution is 5.97. The van der Waals surface area contributed by atoms with Crippen molar-refractivity contribution in [3.05, 3.63) is 29.3 Å². The van der Waals surface area contributed by atoms with Gasteiger partial charge in [-0.05, 0) is 31.9 Å². The van der Waals surface area contributed by atoms with Gasteiger partial charge in [0.1, 0.15) is 5.75 Å². The Kier molecular flexibility index (Phi) is 4.06. The first-order valence-corrected chi connectivity index (χ1v) is 6.49. The Balaban J connectivity index is 2.16. The number of methoxy groups -OCH3 is 1. The first kappa shape index (κ1) is 13.4. The number of hydrogen-bond donors (Lipinski definition) is 0. The van der Waals surface area contributed by atoms with E-state index < -0.39 is 0 Å². The lowest BCUT2D eigenvalue weighted by Crippen LogP contribution is -2.38. The number of ether oxygens (including phenoxy) is 1. The minimum atomic E-state index is -0.00283. The fourth-order valence-corrected chi connectivity index (χ4v) is 2.37. The molecule has 0 spiro atoms. The molecule has 0 saturated carbocycles. The molecule has 4 nitrogen and oxygen atoms in total. The number of nitrogens with zero attached hydrogens (tertiary/aromatic N) is 2. The lowest BCUT2D eigenvalue weighted by atomic mass is 9.97. The average Bonchev–Trinajstić information content (AvgIpc) is 2.46. The average molecular weight is 258 g/mol. The second-order valence-electron chi connectivity index (χ2n) is 4.90. The van der Waals surface area contributed by atoms with E-state index in [0.717, 1.165) is 18.4 Å². The molecule has 100 valence electrons. The maximum absolute atomic E-state index is 12.5. The van der Waals surface area contributed by atoms with Gasteiger partial charge < -0.3 is 9.64 Å². The Labute approximate surface area is 113 Å². The van der Waals surface area contributed by atoms with Gasteiger partial charge in [-0.15, -0.1) is 0 Å². The van der Waals surface area contributed by atoms with Crippen molar-refractivity contribution in [2.24, 2.45) is 5.92 Å². The van der Waals surface area contributed by atoms with Crippen LogP contribution in [0.1, 0.15) is 28.8 Å². The maximum Gasteiger partial charge on any atom is 0.257 e. The van der Waals surface area contributed by atoms with Crippen LogP contribution in [0.2, 0.25) is 0 Å². The van der Waals surface area contributed by atoms with Crippen molar-refractivity contribution in [2.75, 3.05) is 20.2 Å². The lowest BCUT2D eigenvalue weighted by molar-refractivity contribution is 0.0704. The van der Waals surface area contributed by atoms with E-state index in [2.05, 4.69) is 6.07 Å². The van der Waals surface area contributed by atoms with Crippen molar-refractivity contribution in [1.29, 1.82) is 5.26 Å². The summed E-state index contributed by atoms with van der Waals surface area (Å²) in [5.74, 6) is 0.693. The summed E-state index contributed by atoms with van der Waals surface area (Å²) in [7, 11) is 1.57. The number of amides is 1. The number of piperidine rings is 1. The van der Waals surface area contributed by atoms with E-state index >= 15 is 0 Å². The topological polar surface area (TPSA) is 53.3 Å². The maximum atomic E-state index is 12.5. The third kappa shape index (κ3) is 2.87. The van der Waals surface area contributed by atoms with Crippen molar-refractivity contribution in [3.8, 4) is 11.8 Å². The largest absolute Gasteiger partial charge is 0.496 e. The minimum Gasteiger partial charge on any atom is -0.496 e. The molecule has 0 atom stereocenters. The van der Waals surface area contributed by atoms with E-state index in [0.29, 0.717) is 24.4 Å². The number of carbonyl (C=O) groups is 1. The van der Waals surface area contributed by atoms with E-state index in [1.165, 1.54) is 0 Å². The Bertz CT molecular complexity index is 511. The molecule has 1 aliphatic heterocycles. The van der Waals surface area contributed by atoms with Crippen molar-refractivity contribution >= 4 is 5.91 Å². The quantitative estimate of drug-likeness (QED) is 0.818. The van der Waals surface area contributed by atoms with Crippen LogP contribution < -0.4 is 4.74 Å². The molecule has 1 heterocycles. The zero-order valence-corrected chi connectivity index (χ0v) is 11.3. The second kappa shape index (κ2) is 5.75. The van der Waals surface area contributed by atoms with E-state index in [1.807, 2.05) is 30.0 Å². The summed E-state index contributed by atoms with van der Waals surface area (Å²) < 4.78 is 5.25. The van der Waals surface area contributed by atoms with Gasteiger partial charge in [-0.25, -0.2) is 0 Å². The molecule has 0 aromatic heterocycles. The van der Waals surface area contributed by atoms with Gasteiger partial charge in [-0.1, -0.05) is 11.6 Å². The molecule has 0 bridgehead atoms. The molecule has 2 rings (SSSR count). The predicted octanol–water partition coefficient (Wildman–Crippen LogP) is 2.38. The van der Waals surface area contributed by atoms with Gasteiger partial charge in [0.05, 0.1) is 18.7 Å². The molecule has 4 heteroatoms. The first-order chi connectivity index (χ1) is 9.15. The minimum absolute atomic E-state index is 0.00283. The molecule has 0 radical (unpaired) electrons. The SMILES string of the molecule is COc1ccc(C)cc1C(=O)N1CCC(C#N)CC1. The molecule has 1 aromatic carbocycles. The van der Waals surface area contributed by atoms with Crippen LogP contribution in [0.15, 0.2) is 18.2 Å². The van der Waals surface area contributed by atoms with Crippen LogP contribution in [-0.4, -0.2) is 31.0 Å². The van der Waals surface area contributed by atoms with Gasteiger partial charge in [0.2, 0.25) is 0 Å². The van der Waals surface area contributed by atoms with Gasteiger partial charge in [-0.3, -0.25) is 4.79 Å². The van der Waals surface area contributed by atoms with Gasteiger partial charge in [0, 0.05) is 19.0 Å². The van der Waals surface area contributed by atoms with Crippen LogP contribution in [0.4, 0.5) is 0 Å². The Morgan fingerprint density at radius 2 is 2.11 bits per heavy atom. The zero-order valence-electron chi connectivity index (χ0n) is 11.3. The van der Waals surface area contributed by atoms with Crippen molar-refractivity contribution in [1.82, 2.24) is 4.90 Å². The lowest BCUT2D eigenvalue weighted by Gasteiger charge is -2.29. The molecular weight excluding hydrogens is 240 g/mol. The highest BCUT2D eigenvalue weighted by Gasteiger charge is 2.25. The van der Waals surface area contributed by atoms with Crippen LogP contribution in [0.5, 0.6) is 5.75 Å². The summed E-state index contributed by atoms with van der Waals surface area (Å²) in [5.41, 5.74) is 1.65. The number of benzene rings is 1. The number of nitriles is 1. The molecule has 1 aliphatic rings. The van der Waals surface area contributed by atoms with Crippen LogP contribution >= 0.6 is 0 Å². The van der Waals surface area contributed by atoms with Crippen LogP contribution in [-0.2, 0) is 0 Å². The summed E-state index contributed by atoms with van der Waals surface area (Å²) in [6, 6.07) is 7.88. The van der Waals surface area contributed by atoms with Crippen LogP contribution in [0.25, 0.3) is 0 Å². The number of rotatable bonds is 2. The van der Waals surface area contributed by atoms with Gasteiger partial charge in [0.25, 0.3) is 5.91 Å². The Hall–Kier alpha value is -2.02. The van der Waals surface area contributed by atoms with Gasteiger partial charge >= 0.3 is 0 Å². The molecule has 1 fully saturated rings. The van der Waals surface area contributed by atoms with Crippen molar-refractivity contribution in [3.63, 3.8) is 0 Å². The van der Waals surface area contributed by atoms with E-state index in [9.17, 15) is 4.79 Å². The van der Waals surface area contributed by atoms with Crippen molar-refractivity contribution in [2.45, 2.75) is 19.8 Å². The number of carbonyl (C=O) groups excluding carboxylic acids is 1. The number of aryl methyl sites for hydroxylation is 1.